The van der Waals surface area contributed by atoms with Crippen LogP contribution >= 0.6 is 0 Å². The van der Waals surface area contributed by atoms with Crippen LogP contribution in [-0.4, -0.2) is 18.5 Å². The van der Waals surface area contributed by atoms with Crippen molar-refractivity contribution in [2.24, 2.45) is 5.73 Å². The number of esters is 2. The molecular formula is C24H22N2O5. The number of carbonyl (C=O) groups is 2. The smallest absolute Gasteiger partial charge is 0.343 e. The number of ether oxygens (including phenoxy) is 3. The summed E-state index contributed by atoms with van der Waals surface area (Å²) < 4.78 is 16.0. The van der Waals surface area contributed by atoms with Gasteiger partial charge in [-0.25, -0.2) is 9.59 Å². The van der Waals surface area contributed by atoms with Gasteiger partial charge in [0.2, 0.25) is 5.88 Å². The van der Waals surface area contributed by atoms with E-state index in [0.717, 1.165) is 5.56 Å². The second-order valence-electron chi connectivity index (χ2n) is 6.94. The quantitative estimate of drug-likeness (QED) is 0.580. The standard InChI is InChI=1S/C24H22N2O5/c1-4-29-24(28)20-15(3)30-22(26)19(13-25)21(20)16-8-10-18(11-9-16)31-23(27)17-7-5-6-14(2)12-17/h5-12,21H,4,26H2,1-3H3. The van der Waals surface area contributed by atoms with Crippen LogP contribution < -0.4 is 10.5 Å². The largest absolute Gasteiger partial charge is 0.463 e. The van der Waals surface area contributed by atoms with E-state index in [9.17, 15) is 14.9 Å². The van der Waals surface area contributed by atoms with Gasteiger partial charge in [-0.05, 0) is 50.6 Å². The highest BCUT2D eigenvalue weighted by Gasteiger charge is 2.36. The van der Waals surface area contributed by atoms with E-state index in [4.69, 9.17) is 19.9 Å². The van der Waals surface area contributed by atoms with Gasteiger partial charge in [-0.15, -0.1) is 0 Å². The second kappa shape index (κ2) is 9.18. The van der Waals surface area contributed by atoms with Crippen molar-refractivity contribution < 1.29 is 23.8 Å². The monoisotopic (exact) mass is 418 g/mol. The molecule has 0 radical (unpaired) electrons. The van der Waals surface area contributed by atoms with Crippen molar-refractivity contribution in [1.29, 1.82) is 5.26 Å². The molecule has 158 valence electrons. The third kappa shape index (κ3) is 4.59. The van der Waals surface area contributed by atoms with Crippen molar-refractivity contribution in [1.82, 2.24) is 0 Å². The summed E-state index contributed by atoms with van der Waals surface area (Å²) in [5.74, 6) is -1.27. The summed E-state index contributed by atoms with van der Waals surface area (Å²) in [7, 11) is 0. The van der Waals surface area contributed by atoms with Gasteiger partial charge in [0.25, 0.3) is 0 Å². The Hall–Kier alpha value is -4.05. The molecule has 2 aromatic rings. The van der Waals surface area contributed by atoms with E-state index in [1.807, 2.05) is 19.1 Å². The minimum Gasteiger partial charge on any atom is -0.463 e. The molecule has 0 saturated heterocycles. The average Bonchev–Trinajstić information content (AvgIpc) is 2.74. The number of allylic oxidation sites excluding steroid dienone is 2. The minimum absolute atomic E-state index is 0.0620. The molecule has 0 bridgehead atoms. The van der Waals surface area contributed by atoms with Gasteiger partial charge in [-0.1, -0.05) is 29.8 Å². The van der Waals surface area contributed by atoms with Crippen molar-refractivity contribution in [3.05, 3.63) is 88.0 Å². The van der Waals surface area contributed by atoms with Gasteiger partial charge < -0.3 is 19.9 Å². The first-order valence-electron chi connectivity index (χ1n) is 9.70. The fourth-order valence-electron chi connectivity index (χ4n) is 3.35. The predicted molar refractivity (Wildman–Crippen MR) is 113 cm³/mol. The first-order chi connectivity index (χ1) is 14.8. The molecule has 2 aromatic carbocycles. The number of aryl methyl sites for hydroxylation is 1. The summed E-state index contributed by atoms with van der Waals surface area (Å²) in [6, 6.07) is 15.7. The van der Waals surface area contributed by atoms with Crippen LogP contribution in [0.5, 0.6) is 5.75 Å². The molecule has 2 N–H and O–H groups in total. The van der Waals surface area contributed by atoms with Crippen LogP contribution in [0.2, 0.25) is 0 Å². The Kier molecular flexibility index (Phi) is 6.41. The van der Waals surface area contributed by atoms with E-state index in [1.54, 1.807) is 56.3 Å². The number of nitriles is 1. The SMILES string of the molecule is CCOC(=O)C1=C(C)OC(N)=C(C#N)C1c1ccc(OC(=O)c2cccc(C)c2)cc1. The molecule has 0 saturated carbocycles. The summed E-state index contributed by atoms with van der Waals surface area (Å²) in [6.07, 6.45) is 0. The molecule has 0 aromatic heterocycles. The maximum absolute atomic E-state index is 12.6. The molecule has 1 unspecified atom stereocenters. The van der Waals surface area contributed by atoms with Crippen LogP contribution in [0.3, 0.4) is 0 Å². The Morgan fingerprint density at radius 1 is 1.13 bits per heavy atom. The fourth-order valence-corrected chi connectivity index (χ4v) is 3.35. The molecule has 1 aliphatic rings. The van der Waals surface area contributed by atoms with Crippen molar-refractivity contribution in [2.75, 3.05) is 6.61 Å². The molecule has 7 heteroatoms. The lowest BCUT2D eigenvalue weighted by Crippen LogP contribution is -2.25. The molecule has 31 heavy (non-hydrogen) atoms. The fraction of sp³-hybridized carbons (Fsp3) is 0.208. The molecule has 0 amide bonds. The molecule has 0 fully saturated rings. The number of rotatable bonds is 5. The van der Waals surface area contributed by atoms with E-state index in [-0.39, 0.29) is 29.4 Å². The van der Waals surface area contributed by atoms with Crippen LogP contribution in [0, 0.1) is 18.3 Å². The zero-order valence-corrected chi connectivity index (χ0v) is 17.5. The van der Waals surface area contributed by atoms with Gasteiger partial charge in [0, 0.05) is 0 Å². The van der Waals surface area contributed by atoms with Crippen LogP contribution in [0.4, 0.5) is 0 Å². The highest BCUT2D eigenvalue weighted by Crippen LogP contribution is 2.40. The lowest BCUT2D eigenvalue weighted by Gasteiger charge is -2.26. The zero-order chi connectivity index (χ0) is 22.5. The Morgan fingerprint density at radius 3 is 2.45 bits per heavy atom. The molecule has 0 aliphatic carbocycles. The maximum Gasteiger partial charge on any atom is 0.343 e. The van der Waals surface area contributed by atoms with Crippen LogP contribution in [0.1, 0.15) is 41.3 Å². The first-order valence-corrected chi connectivity index (χ1v) is 9.70. The number of nitrogens with zero attached hydrogens (tertiary/aromatic N) is 1. The van der Waals surface area contributed by atoms with Gasteiger partial charge in [0.05, 0.1) is 23.7 Å². The lowest BCUT2D eigenvalue weighted by atomic mass is 9.83. The molecular weight excluding hydrogens is 396 g/mol. The molecule has 1 atom stereocenters. The second-order valence-corrected chi connectivity index (χ2v) is 6.94. The summed E-state index contributed by atoms with van der Waals surface area (Å²) in [6.45, 7) is 5.36. The number of benzene rings is 2. The van der Waals surface area contributed by atoms with Crippen molar-refractivity contribution >= 4 is 11.9 Å². The van der Waals surface area contributed by atoms with E-state index < -0.39 is 17.9 Å². The van der Waals surface area contributed by atoms with E-state index in [0.29, 0.717) is 16.9 Å². The first kappa shape index (κ1) is 21.7. The topological polar surface area (TPSA) is 112 Å². The van der Waals surface area contributed by atoms with E-state index >= 15 is 0 Å². The summed E-state index contributed by atoms with van der Waals surface area (Å²) >= 11 is 0. The van der Waals surface area contributed by atoms with Gasteiger partial charge in [0.1, 0.15) is 23.2 Å². The third-order valence-electron chi connectivity index (χ3n) is 4.78. The minimum atomic E-state index is -0.751. The normalized spacial score (nSPS) is 15.7. The zero-order valence-electron chi connectivity index (χ0n) is 17.5. The van der Waals surface area contributed by atoms with Gasteiger partial charge >= 0.3 is 11.9 Å². The van der Waals surface area contributed by atoms with Crippen LogP contribution in [-0.2, 0) is 14.3 Å². The Morgan fingerprint density at radius 2 is 1.84 bits per heavy atom. The highest BCUT2D eigenvalue weighted by molar-refractivity contribution is 5.93. The van der Waals surface area contributed by atoms with E-state index in [2.05, 4.69) is 0 Å². The molecule has 3 rings (SSSR count). The number of nitrogens with two attached hydrogens (primary N) is 1. The van der Waals surface area contributed by atoms with Crippen molar-refractivity contribution in [3.8, 4) is 11.8 Å². The summed E-state index contributed by atoms with van der Waals surface area (Å²) in [5, 5.41) is 9.62. The third-order valence-corrected chi connectivity index (χ3v) is 4.78. The Labute approximate surface area is 180 Å². The summed E-state index contributed by atoms with van der Waals surface area (Å²) in [5.41, 5.74) is 8.22. The van der Waals surface area contributed by atoms with Crippen LogP contribution in [0.25, 0.3) is 0 Å². The maximum atomic E-state index is 12.6. The highest BCUT2D eigenvalue weighted by atomic mass is 16.5. The lowest BCUT2D eigenvalue weighted by molar-refractivity contribution is -0.139. The van der Waals surface area contributed by atoms with Crippen LogP contribution in [0.15, 0.2) is 71.3 Å². The predicted octanol–water partition coefficient (Wildman–Crippen LogP) is 3.86. The van der Waals surface area contributed by atoms with E-state index in [1.165, 1.54) is 0 Å². The van der Waals surface area contributed by atoms with Gasteiger partial charge in [-0.3, -0.25) is 0 Å². The molecule has 1 heterocycles. The van der Waals surface area contributed by atoms with Crippen molar-refractivity contribution in [3.63, 3.8) is 0 Å². The average molecular weight is 418 g/mol. The van der Waals surface area contributed by atoms with Crippen molar-refractivity contribution in [2.45, 2.75) is 26.7 Å². The number of carbonyl (C=O) groups excluding carboxylic acids is 2. The van der Waals surface area contributed by atoms with Gasteiger partial charge in [-0.2, -0.15) is 5.26 Å². The summed E-state index contributed by atoms with van der Waals surface area (Å²) in [4.78, 5) is 24.9. The number of hydrogen-bond acceptors (Lipinski definition) is 7. The molecule has 0 spiro atoms. The Bertz CT molecular complexity index is 1120. The molecule has 7 nitrogen and oxygen atoms in total. The molecule has 1 aliphatic heterocycles. The number of hydrogen-bond donors (Lipinski definition) is 1. The Balaban J connectivity index is 1.91. The van der Waals surface area contributed by atoms with Gasteiger partial charge in [0.15, 0.2) is 0 Å².